The fraction of sp³-hybridized carbons (Fsp3) is 0.600. The van der Waals surface area contributed by atoms with Crippen molar-refractivity contribution in [2.24, 2.45) is 11.8 Å². The van der Waals surface area contributed by atoms with Crippen LogP contribution in [0.5, 0.6) is 11.5 Å². The Morgan fingerprint density at radius 2 is 1.84 bits per heavy atom. The minimum absolute atomic E-state index is 0.110. The smallest absolute Gasteiger partial charge is 0.124 e. The molecule has 0 radical (unpaired) electrons. The summed E-state index contributed by atoms with van der Waals surface area (Å²) in [5.41, 5.74) is 0.543. The number of phenols is 2. The number of aliphatic hydroxyl groups is 1. The zero-order valence-corrected chi connectivity index (χ0v) is 11.3. The molecule has 1 fully saturated rings. The molecule has 19 heavy (non-hydrogen) atoms. The molecule has 0 amide bonds. The summed E-state index contributed by atoms with van der Waals surface area (Å²) < 4.78 is 0. The lowest BCUT2D eigenvalue weighted by atomic mass is 9.96. The number of nitrogens with one attached hydrogen (secondary N) is 1. The zero-order valence-electron chi connectivity index (χ0n) is 11.3. The minimum Gasteiger partial charge on any atom is -0.507 e. The molecular formula is C15H23NO3. The Bertz CT molecular complexity index is 402. The van der Waals surface area contributed by atoms with E-state index in [0.29, 0.717) is 17.4 Å². The minimum atomic E-state index is -0.110. The Morgan fingerprint density at radius 1 is 1.21 bits per heavy atom. The van der Waals surface area contributed by atoms with Crippen LogP contribution in [-0.4, -0.2) is 28.5 Å². The van der Waals surface area contributed by atoms with Gasteiger partial charge in [-0.2, -0.15) is 0 Å². The van der Waals surface area contributed by atoms with E-state index in [0.717, 1.165) is 19.4 Å². The lowest BCUT2D eigenvalue weighted by Gasteiger charge is -2.22. The molecule has 0 bridgehead atoms. The predicted molar refractivity (Wildman–Crippen MR) is 74.1 cm³/mol. The van der Waals surface area contributed by atoms with Crippen LogP contribution in [0.1, 0.15) is 37.8 Å². The highest BCUT2D eigenvalue weighted by Crippen LogP contribution is 2.34. The average molecular weight is 265 g/mol. The van der Waals surface area contributed by atoms with Crippen molar-refractivity contribution in [2.45, 2.75) is 32.2 Å². The van der Waals surface area contributed by atoms with Crippen LogP contribution in [-0.2, 0) is 0 Å². The maximum absolute atomic E-state index is 9.81. The molecule has 1 aliphatic rings. The van der Waals surface area contributed by atoms with E-state index in [4.69, 9.17) is 0 Å². The number of aromatic hydroxyl groups is 2. The molecule has 0 aliphatic heterocycles. The highest BCUT2D eigenvalue weighted by atomic mass is 16.3. The van der Waals surface area contributed by atoms with Gasteiger partial charge in [0.2, 0.25) is 0 Å². The molecule has 4 heteroatoms. The van der Waals surface area contributed by atoms with Gasteiger partial charge < -0.3 is 20.6 Å². The van der Waals surface area contributed by atoms with Crippen molar-refractivity contribution < 1.29 is 15.3 Å². The molecule has 1 aromatic rings. The molecule has 3 unspecified atom stereocenters. The third kappa shape index (κ3) is 3.19. The van der Waals surface area contributed by atoms with Crippen LogP contribution < -0.4 is 5.32 Å². The summed E-state index contributed by atoms with van der Waals surface area (Å²) in [6.45, 7) is 2.99. The second kappa shape index (κ2) is 6.26. The van der Waals surface area contributed by atoms with E-state index in [9.17, 15) is 15.3 Å². The number of hydrogen-bond acceptors (Lipinski definition) is 4. The van der Waals surface area contributed by atoms with Gasteiger partial charge in [0.1, 0.15) is 11.5 Å². The SMILES string of the molecule is CC(NCC1CCCC1CO)c1c(O)cccc1O. The predicted octanol–water partition coefficient (Wildman–Crippen LogP) is 2.16. The Hall–Kier alpha value is -1.26. The zero-order chi connectivity index (χ0) is 13.8. The van der Waals surface area contributed by atoms with Crippen molar-refractivity contribution in [1.29, 1.82) is 0 Å². The quantitative estimate of drug-likeness (QED) is 0.658. The topological polar surface area (TPSA) is 72.7 Å². The maximum Gasteiger partial charge on any atom is 0.124 e. The molecule has 0 heterocycles. The fourth-order valence-electron chi connectivity index (χ4n) is 3.04. The van der Waals surface area contributed by atoms with Crippen molar-refractivity contribution in [3.05, 3.63) is 23.8 Å². The summed E-state index contributed by atoms with van der Waals surface area (Å²) in [7, 11) is 0. The van der Waals surface area contributed by atoms with Crippen molar-refractivity contribution in [1.82, 2.24) is 5.32 Å². The molecule has 0 spiro atoms. The second-order valence-electron chi connectivity index (χ2n) is 5.47. The highest BCUT2D eigenvalue weighted by Gasteiger charge is 2.27. The van der Waals surface area contributed by atoms with Gasteiger partial charge in [-0.15, -0.1) is 0 Å². The molecule has 4 nitrogen and oxygen atoms in total. The molecule has 4 N–H and O–H groups in total. The molecule has 0 saturated heterocycles. The van der Waals surface area contributed by atoms with Crippen LogP contribution in [0.25, 0.3) is 0 Å². The van der Waals surface area contributed by atoms with Crippen LogP contribution in [0.15, 0.2) is 18.2 Å². The van der Waals surface area contributed by atoms with E-state index in [2.05, 4.69) is 5.32 Å². The lowest BCUT2D eigenvalue weighted by Crippen LogP contribution is -2.29. The first kappa shape index (κ1) is 14.2. The number of phenolic OH excluding ortho intramolecular Hbond substituents is 2. The summed E-state index contributed by atoms with van der Waals surface area (Å²) in [6.07, 6.45) is 3.41. The van der Waals surface area contributed by atoms with Gasteiger partial charge in [-0.05, 0) is 50.3 Å². The van der Waals surface area contributed by atoms with E-state index in [1.165, 1.54) is 6.42 Å². The van der Waals surface area contributed by atoms with Gasteiger partial charge in [0, 0.05) is 12.6 Å². The number of benzene rings is 1. The third-order valence-corrected chi connectivity index (χ3v) is 4.23. The Kier molecular flexibility index (Phi) is 4.66. The van der Waals surface area contributed by atoms with Crippen molar-refractivity contribution in [2.75, 3.05) is 13.2 Å². The van der Waals surface area contributed by atoms with E-state index in [1.54, 1.807) is 18.2 Å². The Labute approximate surface area is 114 Å². The van der Waals surface area contributed by atoms with Crippen LogP contribution in [0, 0.1) is 11.8 Å². The van der Waals surface area contributed by atoms with Crippen molar-refractivity contribution in [3.63, 3.8) is 0 Å². The number of aliphatic hydroxyl groups excluding tert-OH is 1. The standard InChI is InChI=1S/C15H23NO3/c1-10(15-13(18)6-3-7-14(15)19)16-8-11-4-2-5-12(11)9-17/h3,6-7,10-12,16-19H,2,4-5,8-9H2,1H3. The number of rotatable bonds is 5. The van der Waals surface area contributed by atoms with Gasteiger partial charge in [0.15, 0.2) is 0 Å². The van der Waals surface area contributed by atoms with Crippen molar-refractivity contribution >= 4 is 0 Å². The molecule has 3 atom stereocenters. The van der Waals surface area contributed by atoms with Crippen LogP contribution in [0.2, 0.25) is 0 Å². The summed E-state index contributed by atoms with van der Waals surface area (Å²) in [5.74, 6) is 1.10. The summed E-state index contributed by atoms with van der Waals surface area (Å²) in [6, 6.07) is 4.68. The first-order valence-corrected chi connectivity index (χ1v) is 6.98. The largest absolute Gasteiger partial charge is 0.507 e. The normalized spacial score (nSPS) is 24.5. The van der Waals surface area contributed by atoms with E-state index < -0.39 is 0 Å². The molecule has 106 valence electrons. The van der Waals surface area contributed by atoms with Crippen LogP contribution in [0.4, 0.5) is 0 Å². The highest BCUT2D eigenvalue weighted by molar-refractivity contribution is 5.44. The molecular weight excluding hydrogens is 242 g/mol. The molecule has 1 aliphatic carbocycles. The van der Waals surface area contributed by atoms with Gasteiger partial charge in [0.25, 0.3) is 0 Å². The van der Waals surface area contributed by atoms with E-state index >= 15 is 0 Å². The summed E-state index contributed by atoms with van der Waals surface area (Å²) in [5, 5.41) is 32.3. The molecule has 1 saturated carbocycles. The van der Waals surface area contributed by atoms with Gasteiger partial charge in [-0.1, -0.05) is 12.5 Å². The molecule has 1 aromatic carbocycles. The summed E-state index contributed by atoms with van der Waals surface area (Å²) in [4.78, 5) is 0. The first-order valence-electron chi connectivity index (χ1n) is 6.98. The van der Waals surface area contributed by atoms with Crippen LogP contribution in [0.3, 0.4) is 0 Å². The third-order valence-electron chi connectivity index (χ3n) is 4.23. The Morgan fingerprint density at radius 3 is 2.47 bits per heavy atom. The second-order valence-corrected chi connectivity index (χ2v) is 5.47. The van der Waals surface area contributed by atoms with Gasteiger partial charge >= 0.3 is 0 Å². The summed E-state index contributed by atoms with van der Waals surface area (Å²) >= 11 is 0. The van der Waals surface area contributed by atoms with Gasteiger partial charge in [-0.3, -0.25) is 0 Å². The van der Waals surface area contributed by atoms with E-state index in [-0.39, 0.29) is 24.1 Å². The van der Waals surface area contributed by atoms with E-state index in [1.807, 2.05) is 6.92 Å². The first-order chi connectivity index (χ1) is 9.13. The Balaban J connectivity index is 1.96. The fourth-order valence-corrected chi connectivity index (χ4v) is 3.04. The number of hydrogen-bond donors (Lipinski definition) is 4. The monoisotopic (exact) mass is 265 g/mol. The van der Waals surface area contributed by atoms with Gasteiger partial charge in [-0.25, -0.2) is 0 Å². The average Bonchev–Trinajstić information content (AvgIpc) is 2.83. The van der Waals surface area contributed by atoms with Crippen LogP contribution >= 0.6 is 0 Å². The lowest BCUT2D eigenvalue weighted by molar-refractivity contribution is 0.190. The molecule has 2 rings (SSSR count). The van der Waals surface area contributed by atoms with Gasteiger partial charge in [0.05, 0.1) is 5.56 Å². The maximum atomic E-state index is 9.81. The van der Waals surface area contributed by atoms with Crippen molar-refractivity contribution in [3.8, 4) is 11.5 Å². The molecule has 0 aromatic heterocycles.